The van der Waals surface area contributed by atoms with Gasteiger partial charge in [-0.3, -0.25) is 5.10 Å². The van der Waals surface area contributed by atoms with Crippen LogP contribution in [0.5, 0.6) is 0 Å². The van der Waals surface area contributed by atoms with E-state index < -0.39 is 16.1 Å². The van der Waals surface area contributed by atoms with Gasteiger partial charge in [-0.1, -0.05) is 0 Å². The highest BCUT2D eigenvalue weighted by Gasteiger charge is 2.18. The highest BCUT2D eigenvalue weighted by Crippen LogP contribution is 2.10. The number of aryl methyl sites for hydroxylation is 1. The first-order valence-corrected chi connectivity index (χ1v) is 5.59. The van der Waals surface area contributed by atoms with Crippen LogP contribution in [-0.2, 0) is 10.0 Å². The minimum atomic E-state index is -3.55. The van der Waals surface area contributed by atoms with E-state index >= 15 is 0 Å². The van der Waals surface area contributed by atoms with Gasteiger partial charge in [0.15, 0.2) is 0 Å². The Morgan fingerprint density at radius 1 is 1.71 bits per heavy atom. The molecule has 14 heavy (non-hydrogen) atoms. The fourth-order valence-electron chi connectivity index (χ4n) is 0.919. The molecule has 0 bridgehead atoms. The predicted molar refractivity (Wildman–Crippen MR) is 50.2 cm³/mol. The monoisotopic (exact) mass is 219 g/mol. The van der Waals surface area contributed by atoms with Gasteiger partial charge in [0.25, 0.3) is 0 Å². The van der Waals surface area contributed by atoms with Gasteiger partial charge in [0.1, 0.15) is 4.90 Å². The van der Waals surface area contributed by atoms with Crippen molar-refractivity contribution in [3.8, 4) is 0 Å². The summed E-state index contributed by atoms with van der Waals surface area (Å²) in [5, 5.41) is 15.1. The van der Waals surface area contributed by atoms with Crippen molar-refractivity contribution in [1.29, 1.82) is 0 Å². The topological polar surface area (TPSA) is 95.1 Å². The largest absolute Gasteiger partial charge is 0.392 e. The number of hydrogen-bond acceptors (Lipinski definition) is 4. The van der Waals surface area contributed by atoms with Crippen molar-refractivity contribution in [1.82, 2.24) is 14.9 Å². The number of aliphatic hydroxyl groups is 1. The maximum absolute atomic E-state index is 11.5. The number of H-pyrrole nitrogens is 1. The molecule has 0 spiro atoms. The van der Waals surface area contributed by atoms with E-state index in [1.165, 1.54) is 13.1 Å². The van der Waals surface area contributed by atoms with Crippen molar-refractivity contribution in [3.63, 3.8) is 0 Å². The van der Waals surface area contributed by atoms with Crippen LogP contribution in [-0.4, -0.2) is 36.4 Å². The van der Waals surface area contributed by atoms with Crippen molar-refractivity contribution < 1.29 is 13.5 Å². The quantitative estimate of drug-likeness (QED) is 0.628. The molecule has 0 fully saturated rings. The van der Waals surface area contributed by atoms with Gasteiger partial charge in [-0.15, -0.1) is 0 Å². The second-order valence-corrected chi connectivity index (χ2v) is 4.80. The second kappa shape index (κ2) is 4.07. The summed E-state index contributed by atoms with van der Waals surface area (Å²) in [5.74, 6) is 0. The zero-order chi connectivity index (χ0) is 10.8. The molecule has 6 nitrogen and oxygen atoms in total. The van der Waals surface area contributed by atoms with Crippen LogP contribution in [0.15, 0.2) is 11.1 Å². The number of aromatic nitrogens is 2. The van der Waals surface area contributed by atoms with Gasteiger partial charge < -0.3 is 5.11 Å². The second-order valence-electron chi connectivity index (χ2n) is 3.06. The Hall–Kier alpha value is -0.920. The molecule has 80 valence electrons. The summed E-state index contributed by atoms with van der Waals surface area (Å²) in [6.45, 7) is 3.11. The Kier molecular flexibility index (Phi) is 3.25. The lowest BCUT2D eigenvalue weighted by molar-refractivity contribution is 0.198. The summed E-state index contributed by atoms with van der Waals surface area (Å²) in [5.41, 5.74) is 0.475. The van der Waals surface area contributed by atoms with Gasteiger partial charge in [-0.25, -0.2) is 13.1 Å². The molecule has 0 amide bonds. The molecule has 1 heterocycles. The Labute approximate surface area is 82.4 Å². The Morgan fingerprint density at radius 3 is 2.79 bits per heavy atom. The van der Waals surface area contributed by atoms with Crippen LogP contribution >= 0.6 is 0 Å². The zero-order valence-corrected chi connectivity index (χ0v) is 8.80. The first kappa shape index (κ1) is 11.2. The van der Waals surface area contributed by atoms with E-state index in [4.69, 9.17) is 5.11 Å². The minimum Gasteiger partial charge on any atom is -0.392 e. The van der Waals surface area contributed by atoms with Crippen LogP contribution in [0.1, 0.15) is 12.6 Å². The number of nitrogens with one attached hydrogen (secondary N) is 2. The first-order chi connectivity index (χ1) is 6.43. The number of sulfonamides is 1. The van der Waals surface area contributed by atoms with E-state index in [9.17, 15) is 8.42 Å². The summed E-state index contributed by atoms with van der Waals surface area (Å²) in [7, 11) is -3.55. The van der Waals surface area contributed by atoms with Crippen molar-refractivity contribution >= 4 is 10.0 Å². The highest BCUT2D eigenvalue weighted by atomic mass is 32.2. The molecule has 1 rings (SSSR count). The molecule has 0 saturated carbocycles. The highest BCUT2D eigenvalue weighted by molar-refractivity contribution is 7.89. The third-order valence-electron chi connectivity index (χ3n) is 1.64. The zero-order valence-electron chi connectivity index (χ0n) is 7.98. The molecular weight excluding hydrogens is 206 g/mol. The Bertz CT molecular complexity index is 396. The van der Waals surface area contributed by atoms with Crippen LogP contribution in [0.2, 0.25) is 0 Å². The van der Waals surface area contributed by atoms with Gasteiger partial charge in [-0.2, -0.15) is 5.10 Å². The molecule has 0 aromatic carbocycles. The SMILES string of the molecule is Cc1[nH]ncc1S(=O)(=O)NC[C@@H](C)O. The maximum atomic E-state index is 11.5. The molecule has 0 radical (unpaired) electrons. The van der Waals surface area contributed by atoms with E-state index in [-0.39, 0.29) is 11.4 Å². The number of rotatable bonds is 4. The molecule has 0 aliphatic heterocycles. The van der Waals surface area contributed by atoms with E-state index in [2.05, 4.69) is 14.9 Å². The maximum Gasteiger partial charge on any atom is 0.244 e. The molecule has 0 saturated heterocycles. The lowest BCUT2D eigenvalue weighted by Gasteiger charge is -2.06. The number of hydrogen-bond donors (Lipinski definition) is 3. The molecule has 1 aromatic rings. The van der Waals surface area contributed by atoms with Crippen molar-refractivity contribution in [2.24, 2.45) is 0 Å². The summed E-state index contributed by atoms with van der Waals surface area (Å²) < 4.78 is 25.3. The summed E-state index contributed by atoms with van der Waals surface area (Å²) in [6.07, 6.45) is 0.525. The van der Waals surface area contributed by atoms with E-state index in [0.717, 1.165) is 0 Å². The van der Waals surface area contributed by atoms with Gasteiger partial charge in [0.05, 0.1) is 18.0 Å². The van der Waals surface area contributed by atoms with Gasteiger partial charge in [-0.05, 0) is 13.8 Å². The Morgan fingerprint density at radius 2 is 2.36 bits per heavy atom. The smallest absolute Gasteiger partial charge is 0.244 e. The van der Waals surface area contributed by atoms with Crippen LogP contribution in [0.3, 0.4) is 0 Å². The summed E-state index contributed by atoms with van der Waals surface area (Å²) in [6, 6.07) is 0. The van der Waals surface area contributed by atoms with Crippen LogP contribution in [0.25, 0.3) is 0 Å². The summed E-state index contributed by atoms with van der Waals surface area (Å²) >= 11 is 0. The molecule has 3 N–H and O–H groups in total. The van der Waals surface area contributed by atoms with E-state index in [1.54, 1.807) is 6.92 Å². The van der Waals surface area contributed by atoms with Crippen molar-refractivity contribution in [2.75, 3.05) is 6.54 Å². The molecule has 1 aromatic heterocycles. The molecule has 1 atom stereocenters. The van der Waals surface area contributed by atoms with Crippen LogP contribution < -0.4 is 4.72 Å². The summed E-state index contributed by atoms with van der Waals surface area (Å²) in [4.78, 5) is 0.109. The van der Waals surface area contributed by atoms with E-state index in [0.29, 0.717) is 5.69 Å². The van der Waals surface area contributed by atoms with Gasteiger partial charge in [0, 0.05) is 6.54 Å². The standard InChI is InChI=1S/C7H13N3O3S/c1-5(11)3-9-14(12,13)7-4-8-10-6(7)2/h4-5,9,11H,3H2,1-2H3,(H,8,10)/t5-/m1/s1. The molecular formula is C7H13N3O3S. The third-order valence-corrected chi connectivity index (χ3v) is 3.18. The molecule has 7 heteroatoms. The molecule has 0 unspecified atom stereocenters. The fourth-order valence-corrected chi connectivity index (χ4v) is 2.17. The van der Waals surface area contributed by atoms with Crippen molar-refractivity contribution in [3.05, 3.63) is 11.9 Å². The molecule has 0 aliphatic rings. The lowest BCUT2D eigenvalue weighted by Crippen LogP contribution is -2.30. The third kappa shape index (κ3) is 2.53. The number of aromatic amines is 1. The average molecular weight is 219 g/mol. The minimum absolute atomic E-state index is 0.00699. The fraction of sp³-hybridized carbons (Fsp3) is 0.571. The van der Waals surface area contributed by atoms with Crippen LogP contribution in [0, 0.1) is 6.92 Å². The first-order valence-electron chi connectivity index (χ1n) is 4.11. The Balaban J connectivity index is 2.82. The van der Waals surface area contributed by atoms with E-state index in [1.807, 2.05) is 0 Å². The average Bonchev–Trinajstić information content (AvgIpc) is 2.48. The number of nitrogens with zero attached hydrogens (tertiary/aromatic N) is 1. The van der Waals surface area contributed by atoms with Crippen LogP contribution in [0.4, 0.5) is 0 Å². The van der Waals surface area contributed by atoms with Crippen molar-refractivity contribution in [2.45, 2.75) is 24.8 Å². The van der Waals surface area contributed by atoms with Gasteiger partial charge >= 0.3 is 0 Å². The number of aliphatic hydroxyl groups excluding tert-OH is 1. The predicted octanol–water partition coefficient (Wildman–Crippen LogP) is -0.623. The normalized spacial score (nSPS) is 14.2. The molecule has 0 aliphatic carbocycles. The lowest BCUT2D eigenvalue weighted by atomic mass is 10.4. The van der Waals surface area contributed by atoms with Gasteiger partial charge in [0.2, 0.25) is 10.0 Å².